The maximum atomic E-state index is 11.6. The summed E-state index contributed by atoms with van der Waals surface area (Å²) in [5.41, 5.74) is -0.134. The molecular weight excluding hydrogens is 280 g/mol. The molecule has 0 bridgehead atoms. The van der Waals surface area contributed by atoms with E-state index in [1.54, 1.807) is 6.92 Å². The van der Waals surface area contributed by atoms with Crippen molar-refractivity contribution in [3.63, 3.8) is 0 Å². The Labute approximate surface area is 120 Å². The van der Waals surface area contributed by atoms with Gasteiger partial charge in [-0.15, -0.1) is 0 Å². The van der Waals surface area contributed by atoms with Crippen LogP contribution in [0.1, 0.15) is 20.3 Å². The topological polar surface area (TPSA) is 119 Å². The number of rotatable bonds is 6. The molecule has 2 atom stereocenters. The van der Waals surface area contributed by atoms with Crippen molar-refractivity contribution in [3.05, 3.63) is 34.4 Å². The molecule has 0 saturated carbocycles. The fraction of sp³-hybridized carbons (Fsp3) is 0.385. The molecule has 0 heterocycles. The van der Waals surface area contributed by atoms with Crippen LogP contribution in [0.2, 0.25) is 0 Å². The van der Waals surface area contributed by atoms with Crippen molar-refractivity contribution < 1.29 is 24.4 Å². The highest BCUT2D eigenvalue weighted by molar-refractivity contribution is 5.81. The van der Waals surface area contributed by atoms with Gasteiger partial charge in [0.2, 0.25) is 0 Å². The second-order valence-electron chi connectivity index (χ2n) is 4.49. The zero-order valence-electron chi connectivity index (χ0n) is 11.6. The van der Waals surface area contributed by atoms with E-state index in [-0.39, 0.29) is 17.4 Å². The minimum atomic E-state index is -1.15. The quantitative estimate of drug-likeness (QED) is 0.613. The largest absolute Gasteiger partial charge is 0.480 e. The lowest BCUT2D eigenvalue weighted by molar-refractivity contribution is -0.384. The van der Waals surface area contributed by atoms with Crippen LogP contribution >= 0.6 is 0 Å². The third-order valence-electron chi connectivity index (χ3n) is 3.01. The highest BCUT2D eigenvalue weighted by Gasteiger charge is 2.26. The van der Waals surface area contributed by atoms with Crippen molar-refractivity contribution in [1.29, 1.82) is 0 Å². The van der Waals surface area contributed by atoms with Crippen LogP contribution in [0, 0.1) is 16.0 Å². The van der Waals surface area contributed by atoms with Gasteiger partial charge in [0.15, 0.2) is 0 Å². The summed E-state index contributed by atoms with van der Waals surface area (Å²) in [6.45, 7) is 3.51. The molecule has 21 heavy (non-hydrogen) atoms. The number of hydrogen-bond donors (Lipinski definition) is 2. The zero-order chi connectivity index (χ0) is 16.0. The summed E-state index contributed by atoms with van der Waals surface area (Å²) in [5.74, 6) is -1.32. The predicted octanol–water partition coefficient (Wildman–Crippen LogP) is 2.18. The van der Waals surface area contributed by atoms with Crippen LogP contribution in [0.25, 0.3) is 0 Å². The highest BCUT2D eigenvalue weighted by Crippen LogP contribution is 2.17. The second kappa shape index (κ2) is 7.22. The van der Waals surface area contributed by atoms with Gasteiger partial charge in [-0.2, -0.15) is 0 Å². The fourth-order valence-corrected chi connectivity index (χ4v) is 1.58. The molecule has 0 aliphatic rings. The molecule has 8 heteroatoms. The number of carbonyl (C=O) groups excluding carboxylic acids is 1. The maximum absolute atomic E-state index is 11.6. The van der Waals surface area contributed by atoms with Crippen molar-refractivity contribution in [2.45, 2.75) is 26.3 Å². The Bertz CT molecular complexity index is 528. The van der Waals surface area contributed by atoms with Crippen LogP contribution in [0.3, 0.4) is 0 Å². The van der Waals surface area contributed by atoms with E-state index < -0.39 is 23.0 Å². The lowest BCUT2D eigenvalue weighted by Crippen LogP contribution is -2.46. The van der Waals surface area contributed by atoms with E-state index in [0.717, 1.165) is 0 Å². The molecule has 0 saturated heterocycles. The normalized spacial score (nSPS) is 13.0. The number of carboxylic acids is 1. The number of carboxylic acid groups (broad SMARTS) is 1. The summed E-state index contributed by atoms with van der Waals surface area (Å²) >= 11 is 0. The van der Waals surface area contributed by atoms with Crippen LogP contribution in [-0.4, -0.2) is 28.1 Å². The first kappa shape index (κ1) is 16.4. The molecular formula is C13H16N2O6. The van der Waals surface area contributed by atoms with Gasteiger partial charge in [0.05, 0.1) is 4.92 Å². The number of aliphatic carboxylic acids is 1. The van der Waals surface area contributed by atoms with E-state index in [4.69, 9.17) is 9.84 Å². The summed E-state index contributed by atoms with van der Waals surface area (Å²) in [5, 5.41) is 21.8. The number of amides is 1. The van der Waals surface area contributed by atoms with E-state index >= 15 is 0 Å². The number of nitrogens with zero attached hydrogens (tertiary/aromatic N) is 1. The summed E-state index contributed by atoms with van der Waals surface area (Å²) in [6, 6.07) is 3.84. The van der Waals surface area contributed by atoms with Crippen molar-refractivity contribution in [2.24, 2.45) is 5.92 Å². The number of benzene rings is 1. The SMILES string of the molecule is CC[C@H](C)[C@H](NC(=O)Oc1ccc([N+](=O)[O-])cc1)C(=O)O. The molecule has 1 amide bonds. The van der Waals surface area contributed by atoms with Gasteiger partial charge in [0, 0.05) is 12.1 Å². The third kappa shape index (κ3) is 4.75. The lowest BCUT2D eigenvalue weighted by atomic mass is 10.00. The number of non-ortho nitro benzene ring substituents is 1. The standard InChI is InChI=1S/C13H16N2O6/c1-3-8(2)11(12(16)17)14-13(18)21-10-6-4-9(5-7-10)15(19)20/h4-8,11H,3H2,1-2H3,(H,14,18)(H,16,17)/t8-,11-/m0/s1. The van der Waals surface area contributed by atoms with E-state index in [2.05, 4.69) is 5.32 Å². The molecule has 0 spiro atoms. The average molecular weight is 296 g/mol. The molecule has 0 unspecified atom stereocenters. The highest BCUT2D eigenvalue weighted by atomic mass is 16.6. The van der Waals surface area contributed by atoms with Crippen molar-refractivity contribution in [1.82, 2.24) is 5.32 Å². The Kier molecular flexibility index (Phi) is 5.65. The van der Waals surface area contributed by atoms with Crippen LogP contribution < -0.4 is 10.1 Å². The van der Waals surface area contributed by atoms with E-state index in [1.807, 2.05) is 6.92 Å². The summed E-state index contributed by atoms with van der Waals surface area (Å²) in [4.78, 5) is 32.6. The van der Waals surface area contributed by atoms with E-state index in [1.165, 1.54) is 24.3 Å². The monoisotopic (exact) mass is 296 g/mol. The smallest absolute Gasteiger partial charge is 0.413 e. The first-order valence-corrected chi connectivity index (χ1v) is 6.30. The molecule has 1 rings (SSSR count). The lowest BCUT2D eigenvalue weighted by Gasteiger charge is -2.19. The number of nitrogens with one attached hydrogen (secondary N) is 1. The van der Waals surface area contributed by atoms with Crippen LogP contribution in [0.5, 0.6) is 5.75 Å². The summed E-state index contributed by atoms with van der Waals surface area (Å²) in [6.07, 6.45) is -0.342. The zero-order valence-corrected chi connectivity index (χ0v) is 11.6. The Balaban J connectivity index is 2.67. The molecule has 0 aliphatic heterocycles. The predicted molar refractivity (Wildman–Crippen MR) is 73.1 cm³/mol. The molecule has 2 N–H and O–H groups in total. The van der Waals surface area contributed by atoms with Gasteiger partial charge in [0.1, 0.15) is 11.8 Å². The summed E-state index contributed by atoms with van der Waals surface area (Å²) in [7, 11) is 0. The van der Waals surface area contributed by atoms with Gasteiger partial charge in [-0.1, -0.05) is 20.3 Å². The van der Waals surface area contributed by atoms with Crippen molar-refractivity contribution in [2.75, 3.05) is 0 Å². The van der Waals surface area contributed by atoms with Crippen molar-refractivity contribution >= 4 is 17.7 Å². The van der Waals surface area contributed by atoms with E-state index in [0.29, 0.717) is 6.42 Å². The molecule has 8 nitrogen and oxygen atoms in total. The van der Waals surface area contributed by atoms with Gasteiger partial charge in [-0.05, 0) is 18.1 Å². The Morgan fingerprint density at radius 2 is 1.95 bits per heavy atom. The number of carbonyl (C=O) groups is 2. The minimum Gasteiger partial charge on any atom is -0.480 e. The Morgan fingerprint density at radius 3 is 2.38 bits per heavy atom. The third-order valence-corrected chi connectivity index (χ3v) is 3.01. The summed E-state index contributed by atoms with van der Waals surface area (Å²) < 4.78 is 4.89. The number of ether oxygens (including phenoxy) is 1. The number of nitro groups is 1. The molecule has 1 aromatic carbocycles. The molecule has 0 radical (unpaired) electrons. The van der Waals surface area contributed by atoms with E-state index in [9.17, 15) is 19.7 Å². The molecule has 0 fully saturated rings. The van der Waals surface area contributed by atoms with Crippen LogP contribution in [0.15, 0.2) is 24.3 Å². The first-order chi connectivity index (χ1) is 9.85. The molecule has 114 valence electrons. The van der Waals surface area contributed by atoms with Gasteiger partial charge >= 0.3 is 12.1 Å². The molecule has 0 aromatic heterocycles. The second-order valence-corrected chi connectivity index (χ2v) is 4.49. The molecule has 0 aliphatic carbocycles. The van der Waals surface area contributed by atoms with Crippen LogP contribution in [-0.2, 0) is 4.79 Å². The average Bonchev–Trinajstić information content (AvgIpc) is 2.44. The fourth-order valence-electron chi connectivity index (χ4n) is 1.58. The Morgan fingerprint density at radius 1 is 1.38 bits per heavy atom. The van der Waals surface area contributed by atoms with Gasteiger partial charge in [-0.3, -0.25) is 10.1 Å². The van der Waals surface area contributed by atoms with Crippen molar-refractivity contribution in [3.8, 4) is 5.75 Å². The van der Waals surface area contributed by atoms with Gasteiger partial charge < -0.3 is 15.2 Å². The van der Waals surface area contributed by atoms with Gasteiger partial charge in [0.25, 0.3) is 5.69 Å². The minimum absolute atomic E-state index is 0.0893. The number of nitro benzene ring substituents is 1. The first-order valence-electron chi connectivity index (χ1n) is 6.30. The maximum Gasteiger partial charge on any atom is 0.413 e. The molecule has 1 aromatic rings. The number of hydrogen-bond acceptors (Lipinski definition) is 5. The van der Waals surface area contributed by atoms with Gasteiger partial charge in [-0.25, -0.2) is 9.59 Å². The van der Waals surface area contributed by atoms with Crippen LogP contribution in [0.4, 0.5) is 10.5 Å². The Hall–Kier alpha value is -2.64.